The number of aromatic nitrogens is 6. The van der Waals surface area contributed by atoms with Crippen molar-refractivity contribution in [2.45, 2.75) is 10.1 Å². The second-order valence-electron chi connectivity index (χ2n) is 3.81. The van der Waals surface area contributed by atoms with Gasteiger partial charge in [-0.3, -0.25) is 0 Å². The highest BCUT2D eigenvalue weighted by molar-refractivity contribution is 7.99. The molecule has 2 aromatic heterocycles. The highest BCUT2D eigenvalue weighted by Crippen LogP contribution is 2.32. The average Bonchev–Trinajstić information content (AvgIpc) is 2.92. The van der Waals surface area contributed by atoms with Gasteiger partial charge < -0.3 is 5.11 Å². The first-order valence-electron chi connectivity index (χ1n) is 5.58. The predicted molar refractivity (Wildman–Crippen MR) is 77.0 cm³/mol. The van der Waals surface area contributed by atoms with E-state index in [1.807, 2.05) is 0 Å². The Kier molecular flexibility index (Phi) is 3.91. The van der Waals surface area contributed by atoms with Crippen molar-refractivity contribution in [2.75, 3.05) is 0 Å². The smallest absolute Gasteiger partial charge is 0.219 e. The van der Waals surface area contributed by atoms with E-state index in [-0.39, 0.29) is 16.1 Å². The zero-order valence-corrected chi connectivity index (χ0v) is 12.5. The Balaban J connectivity index is 1.96. The first kappa shape index (κ1) is 14.1. The summed E-state index contributed by atoms with van der Waals surface area (Å²) in [6.45, 7) is 0. The van der Waals surface area contributed by atoms with Gasteiger partial charge in [-0.15, -0.1) is 15.3 Å². The van der Waals surface area contributed by atoms with Gasteiger partial charge in [-0.05, 0) is 52.5 Å². The SMILES string of the molecule is Oc1ccc(-n2nnnc2Sc2cc(Cl)nnc2Cl)cc1. The largest absolute Gasteiger partial charge is 0.508 e. The quantitative estimate of drug-likeness (QED) is 0.783. The lowest BCUT2D eigenvalue weighted by atomic mass is 10.3. The van der Waals surface area contributed by atoms with Gasteiger partial charge in [0.15, 0.2) is 10.3 Å². The molecule has 0 radical (unpaired) electrons. The third-order valence-corrected chi connectivity index (χ3v) is 3.97. The topological polar surface area (TPSA) is 89.6 Å². The van der Waals surface area contributed by atoms with Gasteiger partial charge in [0.1, 0.15) is 5.75 Å². The second kappa shape index (κ2) is 5.84. The van der Waals surface area contributed by atoms with Crippen molar-refractivity contribution >= 4 is 35.0 Å². The molecule has 2 heterocycles. The maximum absolute atomic E-state index is 9.31. The summed E-state index contributed by atoms with van der Waals surface area (Å²) in [5, 5.41) is 29.1. The molecule has 0 saturated heterocycles. The fraction of sp³-hybridized carbons (Fsp3) is 0. The molecule has 0 aliphatic rings. The fourth-order valence-electron chi connectivity index (χ4n) is 1.51. The monoisotopic (exact) mass is 340 g/mol. The zero-order chi connectivity index (χ0) is 14.8. The van der Waals surface area contributed by atoms with Crippen molar-refractivity contribution in [3.05, 3.63) is 40.6 Å². The lowest BCUT2D eigenvalue weighted by molar-refractivity contribution is 0.475. The molecule has 0 bridgehead atoms. The van der Waals surface area contributed by atoms with Crippen LogP contribution in [0, 0.1) is 0 Å². The van der Waals surface area contributed by atoms with Crippen LogP contribution in [0.2, 0.25) is 10.3 Å². The normalized spacial score (nSPS) is 10.8. The molecule has 0 saturated carbocycles. The van der Waals surface area contributed by atoms with Crippen LogP contribution >= 0.6 is 35.0 Å². The second-order valence-corrected chi connectivity index (χ2v) is 5.57. The van der Waals surface area contributed by atoms with E-state index in [4.69, 9.17) is 23.2 Å². The van der Waals surface area contributed by atoms with Gasteiger partial charge in [0, 0.05) is 0 Å². The number of aromatic hydroxyl groups is 1. The molecule has 0 aliphatic carbocycles. The van der Waals surface area contributed by atoms with Crippen LogP contribution in [0.15, 0.2) is 40.4 Å². The van der Waals surface area contributed by atoms with E-state index in [1.165, 1.54) is 16.4 Å². The molecular weight excluding hydrogens is 335 g/mol. The predicted octanol–water partition coefficient (Wildman–Crippen LogP) is 2.62. The van der Waals surface area contributed by atoms with Crippen molar-refractivity contribution in [2.24, 2.45) is 0 Å². The maximum Gasteiger partial charge on any atom is 0.219 e. The molecule has 3 rings (SSSR count). The summed E-state index contributed by atoms with van der Waals surface area (Å²) < 4.78 is 1.51. The molecule has 1 N–H and O–H groups in total. The third-order valence-electron chi connectivity index (χ3n) is 2.42. The molecule has 10 heteroatoms. The summed E-state index contributed by atoms with van der Waals surface area (Å²) in [5.41, 5.74) is 0.699. The molecule has 3 aromatic rings. The standard InChI is InChI=1S/C11H6Cl2N6OS/c12-9-5-8(10(13)15-14-9)21-11-16-17-18-19(11)6-1-3-7(20)4-2-6/h1-5,20H. The summed E-state index contributed by atoms with van der Waals surface area (Å²) in [4.78, 5) is 0.589. The molecule has 7 nitrogen and oxygen atoms in total. The molecule has 0 atom stereocenters. The third kappa shape index (κ3) is 3.07. The van der Waals surface area contributed by atoms with E-state index in [0.29, 0.717) is 15.7 Å². The molecule has 1 aromatic carbocycles. The molecule has 0 unspecified atom stereocenters. The molecule has 21 heavy (non-hydrogen) atoms. The van der Waals surface area contributed by atoms with Crippen LogP contribution in [-0.2, 0) is 0 Å². The van der Waals surface area contributed by atoms with Crippen LogP contribution in [0.4, 0.5) is 0 Å². The Bertz CT molecular complexity index is 779. The van der Waals surface area contributed by atoms with E-state index in [0.717, 1.165) is 0 Å². The summed E-state index contributed by atoms with van der Waals surface area (Å²) in [6.07, 6.45) is 0. The Labute approximate surface area is 132 Å². The molecule has 106 valence electrons. The lowest BCUT2D eigenvalue weighted by Crippen LogP contribution is -1.98. The van der Waals surface area contributed by atoms with E-state index in [9.17, 15) is 5.11 Å². The van der Waals surface area contributed by atoms with Crippen LogP contribution < -0.4 is 0 Å². The number of hydrogen-bond acceptors (Lipinski definition) is 7. The summed E-state index contributed by atoms with van der Waals surface area (Å²) in [6, 6.07) is 8.05. The van der Waals surface area contributed by atoms with E-state index in [2.05, 4.69) is 25.7 Å². The fourth-order valence-corrected chi connectivity index (χ4v) is 2.72. The van der Waals surface area contributed by atoms with Crippen molar-refractivity contribution < 1.29 is 5.11 Å². The number of nitrogens with zero attached hydrogens (tertiary/aromatic N) is 6. The minimum absolute atomic E-state index is 0.161. The Morgan fingerprint density at radius 3 is 2.57 bits per heavy atom. The van der Waals surface area contributed by atoms with Gasteiger partial charge in [-0.25, -0.2) is 0 Å². The number of benzene rings is 1. The number of phenols is 1. The van der Waals surface area contributed by atoms with Gasteiger partial charge in [-0.1, -0.05) is 23.2 Å². The number of phenolic OH excluding ortho intramolecular Hbond substituents is 1. The van der Waals surface area contributed by atoms with E-state index in [1.54, 1.807) is 30.3 Å². The number of halogens is 2. The summed E-state index contributed by atoms with van der Waals surface area (Å²) in [5.74, 6) is 0.161. The van der Waals surface area contributed by atoms with Crippen molar-refractivity contribution in [3.63, 3.8) is 0 Å². The minimum atomic E-state index is 0.161. The first-order chi connectivity index (χ1) is 10.1. The van der Waals surface area contributed by atoms with Crippen LogP contribution in [0.1, 0.15) is 0 Å². The highest BCUT2D eigenvalue weighted by atomic mass is 35.5. The van der Waals surface area contributed by atoms with E-state index < -0.39 is 0 Å². The van der Waals surface area contributed by atoms with Crippen LogP contribution in [0.25, 0.3) is 5.69 Å². The number of rotatable bonds is 3. The molecular formula is C11H6Cl2N6OS. The van der Waals surface area contributed by atoms with E-state index >= 15 is 0 Å². The Hall–Kier alpha value is -1.90. The van der Waals surface area contributed by atoms with Crippen LogP contribution in [0.5, 0.6) is 5.75 Å². The average molecular weight is 341 g/mol. The molecule has 0 spiro atoms. The molecule has 0 amide bonds. The zero-order valence-electron chi connectivity index (χ0n) is 10.2. The number of hydrogen-bond donors (Lipinski definition) is 1. The minimum Gasteiger partial charge on any atom is -0.508 e. The highest BCUT2D eigenvalue weighted by Gasteiger charge is 2.13. The van der Waals surface area contributed by atoms with Gasteiger partial charge in [0.2, 0.25) is 5.16 Å². The van der Waals surface area contributed by atoms with Gasteiger partial charge in [0.25, 0.3) is 0 Å². The van der Waals surface area contributed by atoms with Crippen LogP contribution in [0.3, 0.4) is 0 Å². The number of tetrazole rings is 1. The van der Waals surface area contributed by atoms with Crippen molar-refractivity contribution in [1.29, 1.82) is 0 Å². The van der Waals surface area contributed by atoms with Gasteiger partial charge >= 0.3 is 0 Å². The molecule has 0 fully saturated rings. The maximum atomic E-state index is 9.31. The van der Waals surface area contributed by atoms with Gasteiger partial charge in [0.05, 0.1) is 10.6 Å². The summed E-state index contributed by atoms with van der Waals surface area (Å²) in [7, 11) is 0. The van der Waals surface area contributed by atoms with Crippen molar-refractivity contribution in [3.8, 4) is 11.4 Å². The Morgan fingerprint density at radius 1 is 1.05 bits per heavy atom. The Morgan fingerprint density at radius 2 is 1.81 bits per heavy atom. The van der Waals surface area contributed by atoms with Crippen molar-refractivity contribution in [1.82, 2.24) is 30.4 Å². The lowest BCUT2D eigenvalue weighted by Gasteiger charge is -2.05. The van der Waals surface area contributed by atoms with Crippen LogP contribution in [-0.4, -0.2) is 35.5 Å². The molecule has 0 aliphatic heterocycles. The summed E-state index contributed by atoms with van der Waals surface area (Å²) >= 11 is 13.0. The first-order valence-corrected chi connectivity index (χ1v) is 7.15. The van der Waals surface area contributed by atoms with Gasteiger partial charge in [-0.2, -0.15) is 4.68 Å².